The molecule has 1 heterocycles. The molecule has 0 amide bonds. The fourth-order valence-corrected chi connectivity index (χ4v) is 3.23. The van der Waals surface area contributed by atoms with Crippen molar-refractivity contribution in [2.24, 2.45) is 11.8 Å². The highest BCUT2D eigenvalue weighted by atomic mass is 16.3. The highest BCUT2D eigenvalue weighted by Crippen LogP contribution is 2.34. The van der Waals surface area contributed by atoms with Crippen LogP contribution < -0.4 is 0 Å². The van der Waals surface area contributed by atoms with Gasteiger partial charge >= 0.3 is 0 Å². The van der Waals surface area contributed by atoms with Gasteiger partial charge in [0, 0.05) is 12.4 Å². The van der Waals surface area contributed by atoms with Crippen LogP contribution in [0.15, 0.2) is 24.5 Å². The normalized spacial score (nSPS) is 28.2. The van der Waals surface area contributed by atoms with Gasteiger partial charge in [-0.25, -0.2) is 0 Å². The molecular weight excluding hydrogens is 222 g/mol. The molecule has 1 aromatic rings. The SMILES string of the molecule is CCCC1CCC(O)C(CCc2ccncc2)C1. The lowest BCUT2D eigenvalue weighted by Crippen LogP contribution is -2.29. The van der Waals surface area contributed by atoms with Crippen molar-refractivity contribution >= 4 is 0 Å². The summed E-state index contributed by atoms with van der Waals surface area (Å²) >= 11 is 0. The molecule has 1 saturated carbocycles. The minimum atomic E-state index is -0.0695. The van der Waals surface area contributed by atoms with Crippen molar-refractivity contribution in [2.45, 2.75) is 58.0 Å². The van der Waals surface area contributed by atoms with Gasteiger partial charge < -0.3 is 5.11 Å². The van der Waals surface area contributed by atoms with E-state index < -0.39 is 0 Å². The third-order valence-corrected chi connectivity index (χ3v) is 4.30. The molecule has 3 unspecified atom stereocenters. The Morgan fingerprint density at radius 2 is 2.00 bits per heavy atom. The maximum Gasteiger partial charge on any atom is 0.0568 e. The fourth-order valence-electron chi connectivity index (χ4n) is 3.23. The third kappa shape index (κ3) is 3.81. The van der Waals surface area contributed by atoms with Gasteiger partial charge in [0.25, 0.3) is 0 Å². The topological polar surface area (TPSA) is 33.1 Å². The summed E-state index contributed by atoms with van der Waals surface area (Å²) in [6.45, 7) is 2.26. The molecule has 1 aliphatic carbocycles. The van der Waals surface area contributed by atoms with Crippen LogP contribution in [0.25, 0.3) is 0 Å². The number of aliphatic hydroxyl groups excluding tert-OH is 1. The van der Waals surface area contributed by atoms with Gasteiger partial charge in [-0.15, -0.1) is 0 Å². The zero-order valence-electron chi connectivity index (χ0n) is 11.4. The molecule has 1 aliphatic rings. The molecule has 2 nitrogen and oxygen atoms in total. The van der Waals surface area contributed by atoms with Crippen LogP contribution in [0.3, 0.4) is 0 Å². The van der Waals surface area contributed by atoms with Gasteiger partial charge in [0.1, 0.15) is 0 Å². The van der Waals surface area contributed by atoms with Gasteiger partial charge in [-0.3, -0.25) is 4.98 Å². The fraction of sp³-hybridized carbons (Fsp3) is 0.688. The number of aryl methyl sites for hydroxylation is 1. The Labute approximate surface area is 110 Å². The molecule has 18 heavy (non-hydrogen) atoms. The average molecular weight is 247 g/mol. The van der Waals surface area contributed by atoms with Crippen LogP contribution in [0.2, 0.25) is 0 Å². The molecule has 100 valence electrons. The van der Waals surface area contributed by atoms with Gasteiger partial charge in [-0.1, -0.05) is 19.8 Å². The molecule has 0 radical (unpaired) electrons. The molecule has 2 rings (SSSR count). The second kappa shape index (κ2) is 6.89. The summed E-state index contributed by atoms with van der Waals surface area (Å²) in [7, 11) is 0. The summed E-state index contributed by atoms with van der Waals surface area (Å²) in [6.07, 6.45) is 11.9. The van der Waals surface area contributed by atoms with Gasteiger partial charge in [0.05, 0.1) is 6.10 Å². The molecule has 0 aromatic carbocycles. The van der Waals surface area contributed by atoms with Crippen LogP contribution in [0.4, 0.5) is 0 Å². The first-order valence-electron chi connectivity index (χ1n) is 7.36. The summed E-state index contributed by atoms with van der Waals surface area (Å²) in [6, 6.07) is 4.16. The van der Waals surface area contributed by atoms with E-state index in [-0.39, 0.29) is 6.10 Å². The van der Waals surface area contributed by atoms with Crippen molar-refractivity contribution < 1.29 is 5.11 Å². The zero-order valence-corrected chi connectivity index (χ0v) is 11.4. The van der Waals surface area contributed by atoms with Crippen LogP contribution in [0.5, 0.6) is 0 Å². The number of hydrogen-bond donors (Lipinski definition) is 1. The maximum atomic E-state index is 10.1. The lowest BCUT2D eigenvalue weighted by atomic mass is 9.75. The molecule has 3 atom stereocenters. The standard InChI is InChI=1S/C16H25NO/c1-2-3-14-5-7-16(18)15(12-14)6-4-13-8-10-17-11-9-13/h8-11,14-16,18H,2-7,12H2,1H3. The monoisotopic (exact) mass is 247 g/mol. The van der Waals surface area contributed by atoms with E-state index in [1.54, 1.807) is 0 Å². The summed E-state index contributed by atoms with van der Waals surface area (Å²) < 4.78 is 0. The molecule has 1 N–H and O–H groups in total. The Bertz CT molecular complexity index is 338. The van der Waals surface area contributed by atoms with E-state index in [1.165, 1.54) is 31.2 Å². The predicted molar refractivity (Wildman–Crippen MR) is 74.3 cm³/mol. The largest absolute Gasteiger partial charge is 0.393 e. The Morgan fingerprint density at radius 1 is 1.22 bits per heavy atom. The molecule has 2 heteroatoms. The number of hydrogen-bond acceptors (Lipinski definition) is 2. The van der Waals surface area contributed by atoms with E-state index in [2.05, 4.69) is 24.0 Å². The molecule has 0 saturated heterocycles. The minimum absolute atomic E-state index is 0.0695. The molecule has 0 bridgehead atoms. The number of aromatic nitrogens is 1. The van der Waals surface area contributed by atoms with Crippen LogP contribution >= 0.6 is 0 Å². The summed E-state index contributed by atoms with van der Waals surface area (Å²) in [5, 5.41) is 10.1. The second-order valence-electron chi connectivity index (χ2n) is 5.69. The predicted octanol–water partition coefficient (Wildman–Crippen LogP) is 3.59. The van der Waals surface area contributed by atoms with Crippen molar-refractivity contribution in [1.82, 2.24) is 4.98 Å². The number of nitrogens with zero attached hydrogens (tertiary/aromatic N) is 1. The molecular formula is C16H25NO. The van der Waals surface area contributed by atoms with Crippen molar-refractivity contribution in [3.63, 3.8) is 0 Å². The Kier molecular flexibility index (Phi) is 5.18. The summed E-state index contributed by atoms with van der Waals surface area (Å²) in [4.78, 5) is 4.04. The summed E-state index contributed by atoms with van der Waals surface area (Å²) in [5.74, 6) is 1.35. The number of rotatable bonds is 5. The van der Waals surface area contributed by atoms with Crippen LogP contribution in [0, 0.1) is 11.8 Å². The second-order valence-corrected chi connectivity index (χ2v) is 5.69. The molecule has 1 aromatic heterocycles. The lowest BCUT2D eigenvalue weighted by Gasteiger charge is -2.33. The first kappa shape index (κ1) is 13.5. The molecule has 0 aliphatic heterocycles. The van der Waals surface area contributed by atoms with E-state index in [9.17, 15) is 5.11 Å². The first-order chi connectivity index (χ1) is 8.79. The average Bonchev–Trinajstić information content (AvgIpc) is 2.41. The Hall–Kier alpha value is -0.890. The highest BCUT2D eigenvalue weighted by molar-refractivity contribution is 5.09. The zero-order chi connectivity index (χ0) is 12.8. The summed E-state index contributed by atoms with van der Waals surface area (Å²) in [5.41, 5.74) is 1.34. The number of pyridine rings is 1. The van der Waals surface area contributed by atoms with Gasteiger partial charge in [-0.2, -0.15) is 0 Å². The van der Waals surface area contributed by atoms with Crippen molar-refractivity contribution in [3.8, 4) is 0 Å². The Morgan fingerprint density at radius 3 is 2.72 bits per heavy atom. The third-order valence-electron chi connectivity index (χ3n) is 4.30. The smallest absolute Gasteiger partial charge is 0.0568 e. The van der Waals surface area contributed by atoms with Gasteiger partial charge in [-0.05, 0) is 61.6 Å². The first-order valence-corrected chi connectivity index (χ1v) is 7.36. The van der Waals surface area contributed by atoms with Crippen LogP contribution in [-0.2, 0) is 6.42 Å². The molecule has 0 spiro atoms. The van der Waals surface area contributed by atoms with Gasteiger partial charge in [0.15, 0.2) is 0 Å². The Balaban J connectivity index is 1.83. The van der Waals surface area contributed by atoms with E-state index >= 15 is 0 Å². The maximum absolute atomic E-state index is 10.1. The number of aliphatic hydroxyl groups is 1. The van der Waals surface area contributed by atoms with E-state index in [0.717, 1.165) is 25.2 Å². The lowest BCUT2D eigenvalue weighted by molar-refractivity contribution is 0.0420. The van der Waals surface area contributed by atoms with E-state index in [1.807, 2.05) is 12.4 Å². The van der Waals surface area contributed by atoms with Gasteiger partial charge in [0.2, 0.25) is 0 Å². The van der Waals surface area contributed by atoms with E-state index in [4.69, 9.17) is 0 Å². The quantitative estimate of drug-likeness (QED) is 0.862. The van der Waals surface area contributed by atoms with Crippen molar-refractivity contribution in [1.29, 1.82) is 0 Å². The van der Waals surface area contributed by atoms with Crippen LogP contribution in [-0.4, -0.2) is 16.2 Å². The van der Waals surface area contributed by atoms with Crippen molar-refractivity contribution in [3.05, 3.63) is 30.1 Å². The van der Waals surface area contributed by atoms with Crippen LogP contribution in [0.1, 0.15) is 51.0 Å². The van der Waals surface area contributed by atoms with Crippen molar-refractivity contribution in [2.75, 3.05) is 0 Å². The molecule has 1 fully saturated rings. The highest BCUT2D eigenvalue weighted by Gasteiger charge is 2.28. The van der Waals surface area contributed by atoms with E-state index in [0.29, 0.717) is 5.92 Å². The minimum Gasteiger partial charge on any atom is -0.393 e.